The summed E-state index contributed by atoms with van der Waals surface area (Å²) in [5, 5.41) is 4.89. The van der Waals surface area contributed by atoms with E-state index in [2.05, 4.69) is 51.9 Å². The number of hydrogen-bond acceptors (Lipinski definition) is 5. The third-order valence-corrected chi connectivity index (χ3v) is 5.87. The number of hydrogen-bond donors (Lipinski definition) is 1. The Morgan fingerprint density at radius 2 is 1.86 bits per heavy atom. The summed E-state index contributed by atoms with van der Waals surface area (Å²) in [6, 6.07) is 13.1. The molecular weight excluding hydrogens is 368 g/mol. The average Bonchev–Trinajstić information content (AvgIpc) is 3.10. The smallest absolute Gasteiger partial charge is 0.219 e. The van der Waals surface area contributed by atoms with Gasteiger partial charge in [-0.25, -0.2) is 4.98 Å². The van der Waals surface area contributed by atoms with E-state index in [-0.39, 0.29) is 5.12 Å². The summed E-state index contributed by atoms with van der Waals surface area (Å²) in [6.45, 7) is 7.20. The molecule has 3 heterocycles. The molecule has 2 atom stereocenters. The molecule has 0 spiro atoms. The van der Waals surface area contributed by atoms with Gasteiger partial charge >= 0.3 is 0 Å². The van der Waals surface area contributed by atoms with Gasteiger partial charge in [-0.05, 0) is 37.8 Å². The van der Waals surface area contributed by atoms with Gasteiger partial charge in [-0.3, -0.25) is 4.79 Å². The molecule has 0 aliphatic carbocycles. The van der Waals surface area contributed by atoms with Gasteiger partial charge in [0.2, 0.25) is 5.12 Å². The van der Waals surface area contributed by atoms with Crippen molar-refractivity contribution in [3.63, 3.8) is 0 Å². The zero-order valence-corrected chi connectivity index (χ0v) is 17.4. The van der Waals surface area contributed by atoms with E-state index in [4.69, 9.17) is 0 Å². The van der Waals surface area contributed by atoms with Gasteiger partial charge < -0.3 is 14.8 Å². The predicted octanol–water partition coefficient (Wildman–Crippen LogP) is 3.77. The maximum absolute atomic E-state index is 11.8. The second-order valence-corrected chi connectivity index (χ2v) is 8.35. The Labute approximate surface area is 170 Å². The number of pyridine rings is 1. The molecule has 1 aliphatic heterocycles. The van der Waals surface area contributed by atoms with Crippen LogP contribution in [0.5, 0.6) is 0 Å². The summed E-state index contributed by atoms with van der Waals surface area (Å²) in [5.41, 5.74) is 4.16. The molecule has 1 aromatic carbocycles. The molecule has 5 nitrogen and oxygen atoms in total. The lowest BCUT2D eigenvalue weighted by molar-refractivity contribution is 0.108. The van der Waals surface area contributed by atoms with Gasteiger partial charge in [0.05, 0.1) is 0 Å². The summed E-state index contributed by atoms with van der Waals surface area (Å²) in [5.74, 6) is 0. The van der Waals surface area contributed by atoms with Crippen molar-refractivity contribution in [1.82, 2.24) is 14.9 Å². The fourth-order valence-electron chi connectivity index (χ4n) is 4.06. The minimum Gasteiger partial charge on any atom is -0.368 e. The summed E-state index contributed by atoms with van der Waals surface area (Å²) >= 11 is 1.24. The first-order valence-electron chi connectivity index (χ1n) is 9.67. The number of thioether (sulfide) groups is 1. The van der Waals surface area contributed by atoms with Crippen LogP contribution < -0.4 is 10.2 Å². The first-order valence-corrected chi connectivity index (χ1v) is 10.9. The van der Waals surface area contributed by atoms with Gasteiger partial charge in [0.1, 0.15) is 5.65 Å². The molecule has 4 rings (SSSR count). The predicted molar refractivity (Wildman–Crippen MR) is 117 cm³/mol. The number of aromatic nitrogens is 2. The molecule has 0 unspecified atom stereocenters. The van der Waals surface area contributed by atoms with Crippen LogP contribution in [0, 0.1) is 0 Å². The van der Waals surface area contributed by atoms with E-state index < -0.39 is 0 Å². The molecule has 1 fully saturated rings. The Morgan fingerprint density at radius 1 is 1.14 bits per heavy atom. The monoisotopic (exact) mass is 394 g/mol. The number of nitrogens with one attached hydrogen (secondary N) is 1. The van der Waals surface area contributed by atoms with Crippen LogP contribution in [0.1, 0.15) is 29.8 Å². The van der Waals surface area contributed by atoms with E-state index >= 15 is 0 Å². The van der Waals surface area contributed by atoms with Crippen molar-refractivity contribution in [3.05, 3.63) is 59.9 Å². The Bertz CT molecular complexity index is 972. The van der Waals surface area contributed by atoms with Crippen LogP contribution in [0.2, 0.25) is 0 Å². The number of nitrogens with zero attached hydrogens (tertiary/aromatic N) is 3. The highest BCUT2D eigenvalue weighted by atomic mass is 32.2. The standard InChI is InChI=1S/C22H26N4OS/c1-15-12-26(13-16(2)24-15)20-8-10-23-21-19(20)9-11-25(21)14-17-4-6-18(7-5-17)22(27)28-3/h4-11,15-16,24H,12-14H2,1-3H3/t15-,16+. The number of anilines is 1. The second-order valence-electron chi connectivity index (χ2n) is 7.57. The van der Waals surface area contributed by atoms with E-state index in [0.29, 0.717) is 12.1 Å². The Kier molecular flexibility index (Phi) is 5.42. The van der Waals surface area contributed by atoms with Crippen molar-refractivity contribution in [2.24, 2.45) is 0 Å². The van der Waals surface area contributed by atoms with Crippen LogP contribution in [0.15, 0.2) is 48.8 Å². The molecule has 0 bridgehead atoms. The molecule has 28 heavy (non-hydrogen) atoms. The van der Waals surface area contributed by atoms with Crippen molar-refractivity contribution < 1.29 is 4.79 Å². The SMILES string of the molecule is CSC(=O)c1ccc(Cn2ccc3c(N4C[C@@H](C)N[C@@H](C)C4)ccnc32)cc1. The zero-order valence-electron chi connectivity index (χ0n) is 16.6. The lowest BCUT2D eigenvalue weighted by Gasteiger charge is -2.37. The molecule has 6 heteroatoms. The molecular formula is C22H26N4OS. The van der Waals surface area contributed by atoms with Crippen LogP contribution in [0.3, 0.4) is 0 Å². The number of rotatable bonds is 4. The van der Waals surface area contributed by atoms with Crippen LogP contribution in [0.4, 0.5) is 5.69 Å². The molecule has 3 aromatic rings. The van der Waals surface area contributed by atoms with E-state index in [1.54, 1.807) is 0 Å². The van der Waals surface area contributed by atoms with E-state index in [9.17, 15) is 4.79 Å². The Hall–Kier alpha value is -2.31. The fraction of sp³-hybridized carbons (Fsp3) is 0.364. The minimum absolute atomic E-state index is 0.101. The summed E-state index contributed by atoms with van der Waals surface area (Å²) in [6.07, 6.45) is 5.83. The molecule has 0 amide bonds. The quantitative estimate of drug-likeness (QED) is 0.730. The number of carbonyl (C=O) groups excluding carboxylic acids is 1. The molecule has 146 valence electrons. The number of carbonyl (C=O) groups is 1. The third kappa shape index (κ3) is 3.80. The van der Waals surface area contributed by atoms with Crippen molar-refractivity contribution in [2.75, 3.05) is 24.2 Å². The molecule has 1 aliphatic rings. The highest BCUT2D eigenvalue weighted by Crippen LogP contribution is 2.28. The van der Waals surface area contributed by atoms with Crippen LogP contribution in [-0.4, -0.2) is 46.1 Å². The van der Waals surface area contributed by atoms with Crippen LogP contribution in [0.25, 0.3) is 11.0 Å². The highest BCUT2D eigenvalue weighted by molar-refractivity contribution is 8.13. The summed E-state index contributed by atoms with van der Waals surface area (Å²) < 4.78 is 2.18. The normalized spacial score (nSPS) is 19.9. The van der Waals surface area contributed by atoms with Crippen molar-refractivity contribution in [2.45, 2.75) is 32.5 Å². The lowest BCUT2D eigenvalue weighted by atomic mass is 10.1. The summed E-state index contributed by atoms with van der Waals surface area (Å²) in [7, 11) is 0. The Morgan fingerprint density at radius 3 is 2.54 bits per heavy atom. The van der Waals surface area contributed by atoms with Gasteiger partial charge in [0.25, 0.3) is 0 Å². The second kappa shape index (κ2) is 7.97. The van der Waals surface area contributed by atoms with E-state index in [1.165, 1.54) is 22.8 Å². The first kappa shape index (κ1) is 19.0. The molecule has 0 radical (unpaired) electrons. The molecule has 2 aromatic heterocycles. The third-order valence-electron chi connectivity index (χ3n) is 5.27. The first-order chi connectivity index (χ1) is 13.5. The highest BCUT2D eigenvalue weighted by Gasteiger charge is 2.23. The lowest BCUT2D eigenvalue weighted by Crippen LogP contribution is -2.54. The van der Waals surface area contributed by atoms with Crippen molar-refractivity contribution in [3.8, 4) is 0 Å². The van der Waals surface area contributed by atoms with E-state index in [1.807, 2.05) is 36.7 Å². The maximum Gasteiger partial charge on any atom is 0.219 e. The van der Waals surface area contributed by atoms with Crippen LogP contribution in [-0.2, 0) is 6.54 Å². The number of benzene rings is 1. The van der Waals surface area contributed by atoms with Crippen molar-refractivity contribution in [1.29, 1.82) is 0 Å². The number of piperazine rings is 1. The minimum atomic E-state index is 0.101. The largest absolute Gasteiger partial charge is 0.368 e. The number of fused-ring (bicyclic) bond motifs is 1. The van der Waals surface area contributed by atoms with Crippen LogP contribution >= 0.6 is 11.8 Å². The molecule has 1 N–H and O–H groups in total. The summed E-state index contributed by atoms with van der Waals surface area (Å²) in [4.78, 5) is 18.9. The van der Waals surface area contributed by atoms with Gasteiger partial charge in [-0.2, -0.15) is 0 Å². The topological polar surface area (TPSA) is 50.2 Å². The van der Waals surface area contributed by atoms with Gasteiger partial charge in [-0.15, -0.1) is 0 Å². The molecule has 1 saturated heterocycles. The maximum atomic E-state index is 11.8. The van der Waals surface area contributed by atoms with Crippen molar-refractivity contribution >= 4 is 33.6 Å². The Balaban J connectivity index is 1.60. The van der Waals surface area contributed by atoms with Gasteiger partial charge in [-0.1, -0.05) is 36.0 Å². The van der Waals surface area contributed by atoms with Gasteiger partial charge in [0.15, 0.2) is 0 Å². The fourth-order valence-corrected chi connectivity index (χ4v) is 4.44. The zero-order chi connectivity index (χ0) is 19.7. The average molecular weight is 395 g/mol. The van der Waals surface area contributed by atoms with Gasteiger partial charge in [0, 0.05) is 60.7 Å². The van der Waals surface area contributed by atoms with E-state index in [0.717, 1.165) is 36.4 Å². The molecule has 0 saturated carbocycles.